The van der Waals surface area contributed by atoms with Crippen molar-refractivity contribution in [2.45, 2.75) is 69.0 Å². The maximum atomic E-state index is 14.4. The van der Waals surface area contributed by atoms with Crippen LogP contribution in [0.4, 0.5) is 48.7 Å². The molecule has 4 N–H and O–H groups in total. The summed E-state index contributed by atoms with van der Waals surface area (Å²) in [6, 6.07) is 4.42. The molecule has 1 aliphatic rings. The van der Waals surface area contributed by atoms with Gasteiger partial charge in [-0.1, -0.05) is 17.7 Å². The average molecular weight is 728 g/mol. The topological polar surface area (TPSA) is 154 Å². The van der Waals surface area contributed by atoms with Gasteiger partial charge in [-0.3, -0.25) is 0 Å². The van der Waals surface area contributed by atoms with Crippen LogP contribution in [0.1, 0.15) is 39.2 Å². The van der Waals surface area contributed by atoms with E-state index in [9.17, 15) is 39.6 Å². The number of benzene rings is 2. The van der Waals surface area contributed by atoms with Gasteiger partial charge in [-0.05, 0) is 63.4 Å². The Labute approximate surface area is 276 Å². The van der Waals surface area contributed by atoms with Crippen LogP contribution in [0.25, 0.3) is 11.1 Å². The molecule has 12 nitrogen and oxygen atoms in total. The zero-order chi connectivity index (χ0) is 35.8. The number of rotatable bonds is 8. The Morgan fingerprint density at radius 2 is 1.73 bits per heavy atom. The van der Waals surface area contributed by atoms with Crippen LogP contribution in [0.3, 0.4) is 0 Å². The lowest BCUT2D eigenvalue weighted by Gasteiger charge is -2.33. The summed E-state index contributed by atoms with van der Waals surface area (Å²) in [5.74, 6) is -1.31. The number of ether oxygens (including phenoxy) is 2. The monoisotopic (exact) mass is 727 g/mol. The Hall–Kier alpha value is -3.97. The van der Waals surface area contributed by atoms with E-state index in [0.29, 0.717) is 10.7 Å². The van der Waals surface area contributed by atoms with Crippen LogP contribution in [0.2, 0.25) is 5.02 Å². The van der Waals surface area contributed by atoms with Crippen molar-refractivity contribution in [2.75, 3.05) is 31.2 Å². The summed E-state index contributed by atoms with van der Waals surface area (Å²) >= 11 is 6.34. The number of carbonyl (C=O) groups excluding carboxylic acids is 1. The van der Waals surface area contributed by atoms with Gasteiger partial charge >= 0.3 is 18.4 Å². The summed E-state index contributed by atoms with van der Waals surface area (Å²) < 4.78 is 122. The Balaban J connectivity index is 1.63. The second-order valence-corrected chi connectivity index (χ2v) is 13.9. The van der Waals surface area contributed by atoms with Gasteiger partial charge in [0.2, 0.25) is 21.9 Å². The average Bonchev–Trinajstić information content (AvgIpc) is 3.27. The smallest absolute Gasteiger partial charge is 0.417 e. The zero-order valence-corrected chi connectivity index (χ0v) is 27.5. The third-order valence-electron chi connectivity index (χ3n) is 6.89. The quantitative estimate of drug-likeness (QED) is 0.231. The Kier molecular flexibility index (Phi) is 10.4. The lowest BCUT2D eigenvalue weighted by Crippen LogP contribution is -2.47. The number of hydrogen-bond donors (Lipinski definition) is 3. The van der Waals surface area contributed by atoms with Gasteiger partial charge < -0.3 is 25.4 Å². The maximum Gasteiger partial charge on any atom is 0.417 e. The molecule has 264 valence electrons. The number of halogens is 7. The van der Waals surface area contributed by atoms with Gasteiger partial charge in [-0.2, -0.15) is 31.3 Å². The standard InChI is InChI=1S/C28H32ClF6N7O5S/c1-26(2,3)47-25(43)41-9-7-16(8-10-41)40-48(44,45)21-11-15(5-6-20(21)46-4)22-18(28(33,34)35)12-17(13-19(22)29)37-24-38-23(36)42(39-24)14-27(30,31)32/h5-6,11-13,16,40H,7-10,14H2,1-4H3,(H3,36,37,38,39). The first kappa shape index (κ1) is 36.9. The number of methoxy groups -OCH3 is 1. The van der Waals surface area contributed by atoms with Gasteiger partial charge in [-0.25, -0.2) is 22.6 Å². The van der Waals surface area contributed by atoms with Crippen molar-refractivity contribution < 1.29 is 49.0 Å². The van der Waals surface area contributed by atoms with Gasteiger partial charge in [0.25, 0.3) is 0 Å². The summed E-state index contributed by atoms with van der Waals surface area (Å²) in [6.07, 6.45) is -9.76. The van der Waals surface area contributed by atoms with E-state index >= 15 is 0 Å². The number of amides is 1. The summed E-state index contributed by atoms with van der Waals surface area (Å²) in [5.41, 5.74) is 2.32. The number of nitrogen functional groups attached to an aromatic ring is 1. The van der Waals surface area contributed by atoms with Gasteiger partial charge in [0, 0.05) is 30.4 Å². The fraction of sp³-hybridized carbons (Fsp3) is 0.464. The number of sulfonamides is 1. The molecule has 0 bridgehead atoms. The molecule has 0 atom stereocenters. The molecule has 48 heavy (non-hydrogen) atoms. The number of hydrogen-bond acceptors (Lipinski definition) is 9. The number of nitrogens with two attached hydrogens (primary N) is 1. The number of nitrogens with one attached hydrogen (secondary N) is 2. The second-order valence-electron chi connectivity index (χ2n) is 11.8. The molecule has 3 aromatic rings. The van der Waals surface area contributed by atoms with E-state index in [1.165, 1.54) is 24.1 Å². The second kappa shape index (κ2) is 13.5. The van der Waals surface area contributed by atoms with Crippen LogP contribution in [0.5, 0.6) is 5.75 Å². The van der Waals surface area contributed by atoms with Crippen molar-refractivity contribution in [1.29, 1.82) is 0 Å². The molecule has 1 saturated heterocycles. The normalized spacial score (nSPS) is 15.0. The van der Waals surface area contributed by atoms with Gasteiger partial charge in [-0.15, -0.1) is 5.10 Å². The molecule has 1 aliphatic heterocycles. The molecular formula is C28H32ClF6N7O5S. The summed E-state index contributed by atoms with van der Waals surface area (Å²) in [7, 11) is -3.19. The van der Waals surface area contributed by atoms with E-state index in [4.69, 9.17) is 26.8 Å². The molecular weight excluding hydrogens is 696 g/mol. The molecule has 2 heterocycles. The van der Waals surface area contributed by atoms with E-state index in [-0.39, 0.29) is 42.9 Å². The van der Waals surface area contributed by atoms with E-state index in [0.717, 1.165) is 12.1 Å². The molecule has 1 amide bonds. The van der Waals surface area contributed by atoms with Crippen molar-refractivity contribution in [1.82, 2.24) is 24.4 Å². The molecule has 20 heteroatoms. The van der Waals surface area contributed by atoms with Crippen LogP contribution < -0.4 is 20.5 Å². The van der Waals surface area contributed by atoms with Crippen molar-refractivity contribution in [3.63, 3.8) is 0 Å². The highest BCUT2D eigenvalue weighted by Crippen LogP contribution is 2.44. The van der Waals surface area contributed by atoms with Crippen LogP contribution in [0.15, 0.2) is 35.2 Å². The molecule has 4 rings (SSSR count). The Bertz CT molecular complexity index is 1770. The molecule has 0 spiro atoms. The minimum Gasteiger partial charge on any atom is -0.495 e. The number of anilines is 3. The van der Waals surface area contributed by atoms with Crippen molar-refractivity contribution in [3.05, 3.63) is 40.9 Å². The highest BCUT2D eigenvalue weighted by molar-refractivity contribution is 7.89. The number of piperidine rings is 1. The third-order valence-corrected chi connectivity index (χ3v) is 8.73. The number of aromatic nitrogens is 3. The number of alkyl halides is 6. The largest absolute Gasteiger partial charge is 0.495 e. The Morgan fingerprint density at radius 1 is 1.08 bits per heavy atom. The van der Waals surface area contributed by atoms with E-state index < -0.39 is 79.6 Å². The molecule has 0 aliphatic carbocycles. The first-order chi connectivity index (χ1) is 22.1. The molecule has 0 saturated carbocycles. The van der Waals surface area contributed by atoms with Gasteiger partial charge in [0.15, 0.2) is 0 Å². The SMILES string of the molecule is COc1ccc(-c2c(Cl)cc(Nc3nc(N)n(CC(F)(F)F)n3)cc2C(F)(F)F)cc1S(=O)(=O)NC1CCN(C(=O)OC(C)(C)C)CC1. The van der Waals surface area contributed by atoms with E-state index in [1.807, 2.05) is 0 Å². The van der Waals surface area contributed by atoms with Crippen LogP contribution in [-0.4, -0.2) is 72.2 Å². The van der Waals surface area contributed by atoms with Crippen molar-refractivity contribution >= 4 is 45.3 Å². The predicted octanol–water partition coefficient (Wildman–Crippen LogP) is 6.19. The van der Waals surface area contributed by atoms with Crippen LogP contribution in [-0.2, 0) is 27.5 Å². The number of nitrogens with zero attached hydrogens (tertiary/aromatic N) is 4. The predicted molar refractivity (Wildman–Crippen MR) is 163 cm³/mol. The molecule has 0 unspecified atom stereocenters. The molecule has 1 aromatic heterocycles. The highest BCUT2D eigenvalue weighted by atomic mass is 35.5. The third kappa shape index (κ3) is 9.13. The summed E-state index contributed by atoms with van der Waals surface area (Å²) in [5, 5.41) is 5.43. The Morgan fingerprint density at radius 3 is 2.29 bits per heavy atom. The lowest BCUT2D eigenvalue weighted by atomic mass is 9.98. The fourth-order valence-corrected chi connectivity index (χ4v) is 6.68. The van der Waals surface area contributed by atoms with Crippen LogP contribution in [0, 0.1) is 0 Å². The lowest BCUT2D eigenvalue weighted by molar-refractivity contribution is -0.142. The van der Waals surface area contributed by atoms with Gasteiger partial charge in [0.1, 0.15) is 22.8 Å². The molecule has 2 aromatic carbocycles. The van der Waals surface area contributed by atoms with E-state index in [2.05, 4.69) is 20.1 Å². The first-order valence-corrected chi connectivity index (χ1v) is 16.1. The summed E-state index contributed by atoms with van der Waals surface area (Å²) in [4.78, 5) is 17.0. The van der Waals surface area contributed by atoms with Crippen molar-refractivity contribution in [3.8, 4) is 16.9 Å². The van der Waals surface area contributed by atoms with E-state index in [1.54, 1.807) is 20.8 Å². The summed E-state index contributed by atoms with van der Waals surface area (Å²) in [6.45, 7) is 3.99. The number of likely N-dealkylation sites (tertiary alicyclic amines) is 1. The maximum absolute atomic E-state index is 14.4. The van der Waals surface area contributed by atoms with Crippen molar-refractivity contribution in [2.24, 2.45) is 0 Å². The van der Waals surface area contributed by atoms with Gasteiger partial charge in [0.05, 0.1) is 17.7 Å². The minimum atomic E-state index is -5.03. The van der Waals surface area contributed by atoms with Crippen LogP contribution >= 0.6 is 11.6 Å². The minimum absolute atomic E-state index is 0.154. The number of carbonyl (C=O) groups is 1. The highest BCUT2D eigenvalue weighted by Gasteiger charge is 2.37. The fourth-order valence-electron chi connectivity index (χ4n) is 4.85. The molecule has 1 fully saturated rings. The first-order valence-electron chi connectivity index (χ1n) is 14.2. The molecule has 0 radical (unpaired) electrons. The zero-order valence-electron chi connectivity index (χ0n) is 26.0.